The van der Waals surface area contributed by atoms with Crippen molar-refractivity contribution >= 4 is 27.0 Å². The van der Waals surface area contributed by atoms with E-state index in [-0.39, 0.29) is 17.1 Å². The molecule has 0 aliphatic carbocycles. The second-order valence-corrected chi connectivity index (χ2v) is 6.45. The van der Waals surface area contributed by atoms with E-state index < -0.39 is 14.9 Å². The molecule has 0 bridgehead atoms. The summed E-state index contributed by atoms with van der Waals surface area (Å²) in [5.41, 5.74) is -0.141. The summed E-state index contributed by atoms with van der Waals surface area (Å²) < 4.78 is 26.3. The summed E-state index contributed by atoms with van der Waals surface area (Å²) in [5.74, 6) is 0. The Morgan fingerprint density at radius 1 is 1.21 bits per heavy atom. The number of non-ortho nitro benzene ring substituents is 1. The highest BCUT2D eigenvalue weighted by atomic mass is 32.2. The maximum Gasteiger partial charge on any atom is 0.269 e. The third-order valence-corrected chi connectivity index (χ3v) is 4.67. The number of rotatable bonds is 5. The zero-order chi connectivity index (χ0) is 13.9. The minimum Gasteiger partial charge on any atom is -0.258 e. The fraction of sp³-hybridized carbons (Fsp3) is 0.0909. The lowest BCUT2D eigenvalue weighted by Crippen LogP contribution is -2.22. The van der Waals surface area contributed by atoms with Crippen molar-refractivity contribution < 1.29 is 13.3 Å². The van der Waals surface area contributed by atoms with Gasteiger partial charge in [-0.3, -0.25) is 10.1 Å². The van der Waals surface area contributed by atoms with Crippen LogP contribution in [0.15, 0.2) is 46.7 Å². The number of nitro groups is 1. The van der Waals surface area contributed by atoms with Crippen LogP contribution in [0.1, 0.15) is 4.88 Å². The number of hydrogen-bond donors (Lipinski definition) is 1. The fourth-order valence-electron chi connectivity index (χ4n) is 1.41. The Labute approximate surface area is 113 Å². The van der Waals surface area contributed by atoms with E-state index in [1.54, 1.807) is 0 Å². The van der Waals surface area contributed by atoms with Crippen LogP contribution in [0.3, 0.4) is 0 Å². The van der Waals surface area contributed by atoms with Gasteiger partial charge in [-0.05, 0) is 23.6 Å². The first-order valence-corrected chi connectivity index (χ1v) is 7.62. The first-order valence-electron chi connectivity index (χ1n) is 5.25. The van der Waals surface area contributed by atoms with Crippen LogP contribution in [0.4, 0.5) is 5.69 Å². The standard InChI is InChI=1S/C11H10N2O4S2/c14-13(15)9-3-5-11(6-4-9)19(16,17)12-8-10-2-1-7-18-10/h1-7,12H,8H2. The molecule has 6 nitrogen and oxygen atoms in total. The van der Waals surface area contributed by atoms with Gasteiger partial charge in [-0.2, -0.15) is 0 Å². The molecule has 0 unspecified atom stereocenters. The van der Waals surface area contributed by atoms with Crippen LogP contribution in [0, 0.1) is 10.1 Å². The minimum absolute atomic E-state index is 0.00894. The van der Waals surface area contributed by atoms with Crippen LogP contribution >= 0.6 is 11.3 Å². The van der Waals surface area contributed by atoms with Gasteiger partial charge in [0, 0.05) is 23.6 Å². The summed E-state index contributed by atoms with van der Waals surface area (Å²) in [7, 11) is -3.64. The molecular formula is C11H10N2O4S2. The average Bonchev–Trinajstić information content (AvgIpc) is 2.90. The molecule has 100 valence electrons. The Bertz CT molecular complexity index is 663. The molecule has 0 amide bonds. The molecule has 0 aliphatic rings. The summed E-state index contributed by atoms with van der Waals surface area (Å²) in [5, 5.41) is 12.3. The van der Waals surface area contributed by atoms with E-state index in [1.165, 1.54) is 35.6 Å². The molecule has 8 heteroatoms. The predicted molar refractivity (Wildman–Crippen MR) is 71.4 cm³/mol. The minimum atomic E-state index is -3.64. The molecule has 0 atom stereocenters. The van der Waals surface area contributed by atoms with E-state index in [0.717, 1.165) is 4.88 Å². The van der Waals surface area contributed by atoms with E-state index in [1.807, 2.05) is 17.5 Å². The topological polar surface area (TPSA) is 89.3 Å². The molecule has 1 aromatic carbocycles. The number of thiophene rings is 1. The van der Waals surface area contributed by atoms with E-state index in [0.29, 0.717) is 0 Å². The number of hydrogen-bond acceptors (Lipinski definition) is 5. The molecule has 0 saturated heterocycles. The van der Waals surface area contributed by atoms with Gasteiger partial charge in [-0.25, -0.2) is 13.1 Å². The molecule has 0 aliphatic heterocycles. The quantitative estimate of drug-likeness (QED) is 0.676. The van der Waals surface area contributed by atoms with Crippen LogP contribution in [-0.2, 0) is 16.6 Å². The van der Waals surface area contributed by atoms with Gasteiger partial charge in [0.05, 0.1) is 9.82 Å². The summed E-state index contributed by atoms with van der Waals surface area (Å²) in [6.07, 6.45) is 0. The van der Waals surface area contributed by atoms with Gasteiger partial charge >= 0.3 is 0 Å². The number of benzene rings is 1. The van der Waals surface area contributed by atoms with Gasteiger partial charge in [0.1, 0.15) is 0 Å². The van der Waals surface area contributed by atoms with Gasteiger partial charge < -0.3 is 0 Å². The lowest BCUT2D eigenvalue weighted by molar-refractivity contribution is -0.384. The van der Waals surface area contributed by atoms with Crippen molar-refractivity contribution in [3.05, 3.63) is 56.8 Å². The monoisotopic (exact) mass is 298 g/mol. The molecule has 19 heavy (non-hydrogen) atoms. The maximum atomic E-state index is 11.9. The Morgan fingerprint density at radius 3 is 2.42 bits per heavy atom. The lowest BCUT2D eigenvalue weighted by Gasteiger charge is -2.05. The second kappa shape index (κ2) is 5.47. The molecule has 1 N–H and O–H groups in total. The zero-order valence-electron chi connectivity index (χ0n) is 9.65. The summed E-state index contributed by atoms with van der Waals surface area (Å²) in [6.45, 7) is 0.205. The van der Waals surface area contributed by atoms with Crippen LogP contribution in [-0.4, -0.2) is 13.3 Å². The van der Waals surface area contributed by atoms with Crippen LogP contribution in [0.5, 0.6) is 0 Å². The van der Waals surface area contributed by atoms with Crippen LogP contribution in [0.2, 0.25) is 0 Å². The molecule has 1 aromatic heterocycles. The number of sulfonamides is 1. The van der Waals surface area contributed by atoms with Gasteiger partial charge in [0.2, 0.25) is 10.0 Å². The summed E-state index contributed by atoms with van der Waals surface area (Å²) >= 11 is 1.45. The van der Waals surface area contributed by atoms with Crippen molar-refractivity contribution in [2.45, 2.75) is 11.4 Å². The molecule has 0 spiro atoms. The van der Waals surface area contributed by atoms with Crippen molar-refractivity contribution in [3.8, 4) is 0 Å². The number of nitrogens with zero attached hydrogens (tertiary/aromatic N) is 1. The van der Waals surface area contributed by atoms with Crippen LogP contribution < -0.4 is 4.72 Å². The summed E-state index contributed by atoms with van der Waals surface area (Å²) in [4.78, 5) is 10.8. The van der Waals surface area contributed by atoms with Crippen molar-refractivity contribution in [3.63, 3.8) is 0 Å². The SMILES string of the molecule is O=[N+]([O-])c1ccc(S(=O)(=O)NCc2cccs2)cc1. The lowest BCUT2D eigenvalue weighted by atomic mass is 10.3. The molecule has 2 aromatic rings. The first-order chi connectivity index (χ1) is 8.99. The zero-order valence-corrected chi connectivity index (χ0v) is 11.3. The second-order valence-electron chi connectivity index (χ2n) is 3.65. The predicted octanol–water partition coefficient (Wildman–Crippen LogP) is 2.13. The van der Waals surface area contributed by atoms with Crippen molar-refractivity contribution in [2.24, 2.45) is 0 Å². The highest BCUT2D eigenvalue weighted by Gasteiger charge is 2.15. The molecule has 0 saturated carbocycles. The maximum absolute atomic E-state index is 11.9. The fourth-order valence-corrected chi connectivity index (χ4v) is 3.15. The molecule has 1 heterocycles. The Kier molecular flexibility index (Phi) is 3.93. The Balaban J connectivity index is 2.13. The molecule has 0 radical (unpaired) electrons. The van der Waals surface area contributed by atoms with E-state index in [2.05, 4.69) is 4.72 Å². The van der Waals surface area contributed by atoms with Gasteiger partial charge in [0.15, 0.2) is 0 Å². The van der Waals surface area contributed by atoms with Crippen molar-refractivity contribution in [1.82, 2.24) is 4.72 Å². The van der Waals surface area contributed by atoms with Gasteiger partial charge in [-0.15, -0.1) is 11.3 Å². The van der Waals surface area contributed by atoms with Crippen molar-refractivity contribution in [1.29, 1.82) is 0 Å². The normalized spacial score (nSPS) is 11.4. The number of nitro benzene ring substituents is 1. The summed E-state index contributed by atoms with van der Waals surface area (Å²) in [6, 6.07) is 8.42. The third-order valence-electron chi connectivity index (χ3n) is 2.37. The molecule has 2 rings (SSSR count). The van der Waals surface area contributed by atoms with Gasteiger partial charge in [0.25, 0.3) is 5.69 Å². The average molecular weight is 298 g/mol. The van der Waals surface area contributed by atoms with E-state index in [4.69, 9.17) is 0 Å². The molecule has 0 fully saturated rings. The highest BCUT2D eigenvalue weighted by molar-refractivity contribution is 7.89. The Hall–Kier alpha value is -1.77. The first kappa shape index (κ1) is 13.7. The molecular weight excluding hydrogens is 288 g/mol. The number of nitrogens with one attached hydrogen (secondary N) is 1. The third kappa shape index (κ3) is 3.37. The largest absolute Gasteiger partial charge is 0.269 e. The van der Waals surface area contributed by atoms with E-state index in [9.17, 15) is 18.5 Å². The Morgan fingerprint density at radius 2 is 1.89 bits per heavy atom. The van der Waals surface area contributed by atoms with Crippen molar-refractivity contribution in [2.75, 3.05) is 0 Å². The smallest absolute Gasteiger partial charge is 0.258 e. The highest BCUT2D eigenvalue weighted by Crippen LogP contribution is 2.16. The van der Waals surface area contributed by atoms with Gasteiger partial charge in [-0.1, -0.05) is 6.07 Å². The van der Waals surface area contributed by atoms with Crippen LogP contribution in [0.25, 0.3) is 0 Å². The van der Waals surface area contributed by atoms with E-state index >= 15 is 0 Å².